The first kappa shape index (κ1) is 10.7. The lowest BCUT2D eigenvalue weighted by Crippen LogP contribution is -1.95. The fourth-order valence-electron chi connectivity index (χ4n) is 1.26. The van der Waals surface area contributed by atoms with E-state index in [4.69, 9.17) is 22.3 Å². The fraction of sp³-hybridized carbons (Fsp3) is 0.143. The highest BCUT2D eigenvalue weighted by Crippen LogP contribution is 2.25. The van der Waals surface area contributed by atoms with Crippen LogP contribution in [-0.2, 0) is 16.1 Å². The minimum Gasteiger partial charge on any atom is -0.249 e. The van der Waals surface area contributed by atoms with Crippen LogP contribution in [0.4, 0.5) is 0 Å². The molecule has 0 aliphatic carbocycles. The summed E-state index contributed by atoms with van der Waals surface area (Å²) in [6.45, 7) is 0. The van der Waals surface area contributed by atoms with Gasteiger partial charge in [0.05, 0.1) is 10.4 Å². The minimum atomic E-state index is -3.88. The largest absolute Gasteiger partial charge is 0.281 e. The third-order valence-electron chi connectivity index (χ3n) is 1.84. The van der Waals surface area contributed by atoms with Gasteiger partial charge in [-0.15, -0.1) is 0 Å². The summed E-state index contributed by atoms with van der Waals surface area (Å²) in [6, 6.07) is 1.46. The maximum absolute atomic E-state index is 11.2. The molecule has 2 aromatic rings. The Morgan fingerprint density at radius 1 is 1.47 bits per heavy atom. The lowest BCUT2D eigenvalue weighted by molar-refractivity contribution is 0.603. The van der Waals surface area contributed by atoms with E-state index in [2.05, 4.69) is 10.1 Å². The Hall–Kier alpha value is -0.850. The average Bonchev–Trinajstić information content (AvgIpc) is 2.42. The highest BCUT2D eigenvalue weighted by atomic mass is 35.7. The summed E-state index contributed by atoms with van der Waals surface area (Å²) < 4.78 is 23.7. The maximum atomic E-state index is 11.2. The van der Waals surface area contributed by atoms with Crippen LogP contribution in [0.15, 0.2) is 17.3 Å². The Balaban J connectivity index is 2.94. The van der Waals surface area contributed by atoms with Crippen LogP contribution in [-0.4, -0.2) is 23.2 Å². The molecule has 0 fully saturated rings. The average molecular weight is 266 g/mol. The number of pyridine rings is 1. The molecule has 0 aromatic carbocycles. The predicted molar refractivity (Wildman–Crippen MR) is 56.6 cm³/mol. The molecular formula is C7H5Cl2N3O2S. The van der Waals surface area contributed by atoms with Crippen molar-refractivity contribution in [2.45, 2.75) is 5.03 Å². The van der Waals surface area contributed by atoms with Crippen LogP contribution in [0.1, 0.15) is 0 Å². The molecule has 0 bridgehead atoms. The van der Waals surface area contributed by atoms with Gasteiger partial charge in [-0.2, -0.15) is 5.10 Å². The van der Waals surface area contributed by atoms with Crippen molar-refractivity contribution in [3.8, 4) is 0 Å². The first-order valence-corrected chi connectivity index (χ1v) is 6.51. The summed E-state index contributed by atoms with van der Waals surface area (Å²) in [5.41, 5.74) is 0.415. The molecule has 2 aromatic heterocycles. The van der Waals surface area contributed by atoms with Crippen LogP contribution in [0, 0.1) is 0 Å². The SMILES string of the molecule is Cn1nc(S(=O)(=O)Cl)c2cc(Cl)cnc21. The molecule has 8 heteroatoms. The van der Waals surface area contributed by atoms with Crippen molar-refractivity contribution in [2.24, 2.45) is 7.05 Å². The van der Waals surface area contributed by atoms with Crippen molar-refractivity contribution in [1.82, 2.24) is 14.8 Å². The van der Waals surface area contributed by atoms with Crippen LogP contribution in [0.3, 0.4) is 0 Å². The van der Waals surface area contributed by atoms with Gasteiger partial charge in [0.15, 0.2) is 5.65 Å². The van der Waals surface area contributed by atoms with Gasteiger partial charge in [-0.05, 0) is 6.07 Å². The van der Waals surface area contributed by atoms with Crippen LogP contribution >= 0.6 is 22.3 Å². The molecule has 0 unspecified atom stereocenters. The molecule has 0 aliphatic rings. The van der Waals surface area contributed by atoms with Gasteiger partial charge in [-0.3, -0.25) is 0 Å². The Morgan fingerprint density at radius 3 is 2.73 bits per heavy atom. The second-order valence-corrected chi connectivity index (χ2v) is 5.81. The number of aryl methyl sites for hydroxylation is 1. The van der Waals surface area contributed by atoms with E-state index in [9.17, 15) is 8.42 Å². The molecule has 0 saturated heterocycles. The number of halogens is 2. The van der Waals surface area contributed by atoms with Crippen molar-refractivity contribution < 1.29 is 8.42 Å². The molecular weight excluding hydrogens is 261 g/mol. The van der Waals surface area contributed by atoms with Crippen molar-refractivity contribution >= 4 is 42.4 Å². The van der Waals surface area contributed by atoms with Gasteiger partial charge in [0, 0.05) is 23.9 Å². The summed E-state index contributed by atoms with van der Waals surface area (Å²) in [7, 11) is 2.92. The van der Waals surface area contributed by atoms with E-state index in [0.717, 1.165) is 0 Å². The van der Waals surface area contributed by atoms with Gasteiger partial charge in [-0.25, -0.2) is 18.1 Å². The Bertz CT molecular complexity index is 635. The van der Waals surface area contributed by atoms with Crippen molar-refractivity contribution in [3.63, 3.8) is 0 Å². The quantitative estimate of drug-likeness (QED) is 0.734. The molecule has 5 nitrogen and oxygen atoms in total. The van der Waals surface area contributed by atoms with Crippen LogP contribution < -0.4 is 0 Å². The van der Waals surface area contributed by atoms with Gasteiger partial charge in [0.25, 0.3) is 9.05 Å². The van der Waals surface area contributed by atoms with Gasteiger partial charge in [0.1, 0.15) is 0 Å². The summed E-state index contributed by atoms with van der Waals surface area (Å²) in [4.78, 5) is 3.96. The van der Waals surface area contributed by atoms with Crippen molar-refractivity contribution in [2.75, 3.05) is 0 Å². The molecule has 0 saturated carbocycles. The Labute approximate surface area is 95.0 Å². The number of fused-ring (bicyclic) bond motifs is 1. The molecule has 0 radical (unpaired) electrons. The highest BCUT2D eigenvalue weighted by Gasteiger charge is 2.20. The van der Waals surface area contributed by atoms with Gasteiger partial charge in [0.2, 0.25) is 5.03 Å². The number of rotatable bonds is 1. The molecule has 0 aliphatic heterocycles. The van der Waals surface area contributed by atoms with E-state index < -0.39 is 9.05 Å². The van der Waals surface area contributed by atoms with Gasteiger partial charge < -0.3 is 0 Å². The number of hydrogen-bond acceptors (Lipinski definition) is 4. The predicted octanol–water partition coefficient (Wildman–Crippen LogP) is 1.55. The van der Waals surface area contributed by atoms with Crippen molar-refractivity contribution in [1.29, 1.82) is 0 Å². The summed E-state index contributed by atoms with van der Waals surface area (Å²) in [5.74, 6) is 0. The topological polar surface area (TPSA) is 64.8 Å². The zero-order valence-corrected chi connectivity index (χ0v) is 9.81. The van der Waals surface area contributed by atoms with Crippen molar-refractivity contribution in [3.05, 3.63) is 17.3 Å². The minimum absolute atomic E-state index is 0.225. The van der Waals surface area contributed by atoms with Crippen LogP contribution in [0.25, 0.3) is 11.0 Å². The van der Waals surface area contributed by atoms with E-state index >= 15 is 0 Å². The second kappa shape index (κ2) is 3.33. The third kappa shape index (κ3) is 1.80. The summed E-state index contributed by atoms with van der Waals surface area (Å²) >= 11 is 5.71. The zero-order chi connectivity index (χ0) is 11.2. The molecule has 0 atom stereocenters. The molecule has 2 heterocycles. The summed E-state index contributed by atoms with van der Waals surface area (Å²) in [5, 5.41) is 4.20. The highest BCUT2D eigenvalue weighted by molar-refractivity contribution is 8.13. The normalized spacial score (nSPS) is 12.2. The Morgan fingerprint density at radius 2 is 2.13 bits per heavy atom. The zero-order valence-electron chi connectivity index (χ0n) is 7.48. The third-order valence-corrected chi connectivity index (χ3v) is 3.25. The van der Waals surface area contributed by atoms with E-state index in [-0.39, 0.29) is 5.03 Å². The fourth-order valence-corrected chi connectivity index (χ4v) is 2.40. The standard InChI is InChI=1S/C7H5Cl2N3O2S/c1-12-6-5(2-4(8)3-10-6)7(11-12)15(9,13)14/h2-3H,1H3. The smallest absolute Gasteiger partial charge is 0.249 e. The van der Waals surface area contributed by atoms with Crippen LogP contribution in [0.5, 0.6) is 0 Å². The molecule has 2 rings (SSSR count). The van der Waals surface area contributed by atoms with Crippen LogP contribution in [0.2, 0.25) is 5.02 Å². The molecule has 0 spiro atoms. The lowest BCUT2D eigenvalue weighted by atomic mass is 10.4. The Kier molecular flexibility index (Phi) is 2.37. The molecule has 0 amide bonds. The first-order chi connectivity index (χ1) is 6.89. The van der Waals surface area contributed by atoms with E-state index in [1.807, 2.05) is 0 Å². The maximum Gasteiger partial charge on any atom is 0.281 e. The lowest BCUT2D eigenvalue weighted by Gasteiger charge is -1.92. The van der Waals surface area contributed by atoms with E-state index in [0.29, 0.717) is 16.1 Å². The molecule has 0 N–H and O–H groups in total. The monoisotopic (exact) mass is 265 g/mol. The molecule has 80 valence electrons. The molecule has 15 heavy (non-hydrogen) atoms. The van der Waals surface area contributed by atoms with E-state index in [1.165, 1.54) is 16.9 Å². The van der Waals surface area contributed by atoms with Gasteiger partial charge in [-0.1, -0.05) is 11.6 Å². The van der Waals surface area contributed by atoms with Gasteiger partial charge >= 0.3 is 0 Å². The number of aromatic nitrogens is 3. The second-order valence-electron chi connectivity index (χ2n) is 2.89. The number of nitrogens with zero attached hydrogens (tertiary/aromatic N) is 3. The number of hydrogen-bond donors (Lipinski definition) is 0. The summed E-state index contributed by atoms with van der Waals surface area (Å²) in [6.07, 6.45) is 1.41. The van der Waals surface area contributed by atoms with E-state index in [1.54, 1.807) is 7.05 Å². The first-order valence-electron chi connectivity index (χ1n) is 3.82.